The molecule has 2 aliphatic rings. The molecule has 5 rings (SSSR count). The van der Waals surface area contributed by atoms with Crippen LogP contribution in [0.25, 0.3) is 17.0 Å². The number of aromatic nitrogens is 1. The number of fused-ring (bicyclic) bond motifs is 1. The van der Waals surface area contributed by atoms with Gasteiger partial charge in [0.1, 0.15) is 0 Å². The monoisotopic (exact) mass is 559 g/mol. The van der Waals surface area contributed by atoms with Crippen molar-refractivity contribution < 1.29 is 4.79 Å². The predicted molar refractivity (Wildman–Crippen MR) is 158 cm³/mol. The maximum Gasteiger partial charge on any atom is 0.244 e. The maximum absolute atomic E-state index is 12.4. The van der Waals surface area contributed by atoms with Gasteiger partial charge in [-0.2, -0.15) is 0 Å². The number of hydrogen-bond acceptors (Lipinski definition) is 2. The summed E-state index contributed by atoms with van der Waals surface area (Å²) >= 11 is 12.0. The van der Waals surface area contributed by atoms with Gasteiger partial charge in [0.25, 0.3) is 0 Å². The summed E-state index contributed by atoms with van der Waals surface area (Å²) in [6, 6.07) is 12.2. The summed E-state index contributed by atoms with van der Waals surface area (Å²) in [5, 5.41) is 5.62. The van der Waals surface area contributed by atoms with E-state index >= 15 is 0 Å². The van der Waals surface area contributed by atoms with E-state index in [1.165, 1.54) is 67.3 Å². The zero-order valence-corrected chi connectivity index (χ0v) is 23.6. The predicted octanol–water partition coefficient (Wildman–Crippen LogP) is 7.77. The second-order valence-electron chi connectivity index (χ2n) is 10.5. The van der Waals surface area contributed by atoms with Gasteiger partial charge in [0, 0.05) is 35.8 Å². The van der Waals surface area contributed by atoms with Crippen molar-refractivity contribution in [2.75, 3.05) is 19.6 Å². The number of aryl methyl sites for hydroxylation is 1. The Bertz CT molecular complexity index is 1240. The molecular weight excluding hydrogens is 525 g/mol. The lowest BCUT2D eigenvalue weighted by molar-refractivity contribution is -0.117. The number of aromatic amines is 1. The van der Waals surface area contributed by atoms with Gasteiger partial charge in [-0.05, 0) is 111 Å². The fourth-order valence-corrected chi connectivity index (χ4v) is 6.35. The molecule has 0 bridgehead atoms. The number of H-pyrrole nitrogens is 1. The van der Waals surface area contributed by atoms with E-state index < -0.39 is 0 Å². The molecule has 0 atom stereocenters. The first-order chi connectivity index (χ1) is 17.5. The van der Waals surface area contributed by atoms with Crippen LogP contribution in [0.5, 0.6) is 0 Å². The van der Waals surface area contributed by atoms with Gasteiger partial charge in [0.15, 0.2) is 0 Å². The minimum atomic E-state index is -0.0425. The SMILES string of the molecule is Cc1cccc2[nH]cc(C3CCN(CC4CCC(NC(=O)/C=C/c5ccc(Cl)c(Cl)c5)CC4)CC3)c12.Cl. The van der Waals surface area contributed by atoms with Crippen LogP contribution in [0.2, 0.25) is 10.0 Å². The first kappa shape index (κ1) is 28.0. The second kappa shape index (κ2) is 12.7. The van der Waals surface area contributed by atoms with Crippen LogP contribution in [0.15, 0.2) is 48.7 Å². The largest absolute Gasteiger partial charge is 0.361 e. The summed E-state index contributed by atoms with van der Waals surface area (Å²) in [5.41, 5.74) is 5.01. The highest BCUT2D eigenvalue weighted by Gasteiger charge is 2.27. The van der Waals surface area contributed by atoms with Crippen LogP contribution >= 0.6 is 35.6 Å². The first-order valence-electron chi connectivity index (χ1n) is 13.2. The number of amides is 1. The van der Waals surface area contributed by atoms with Crippen molar-refractivity contribution in [3.63, 3.8) is 0 Å². The zero-order valence-electron chi connectivity index (χ0n) is 21.3. The van der Waals surface area contributed by atoms with Crippen molar-refractivity contribution in [1.82, 2.24) is 15.2 Å². The zero-order chi connectivity index (χ0) is 25.1. The van der Waals surface area contributed by atoms with Crippen LogP contribution in [0, 0.1) is 12.8 Å². The smallest absolute Gasteiger partial charge is 0.244 e. The molecule has 1 amide bonds. The van der Waals surface area contributed by atoms with Crippen LogP contribution in [0.4, 0.5) is 0 Å². The van der Waals surface area contributed by atoms with Crippen LogP contribution in [-0.2, 0) is 4.79 Å². The summed E-state index contributed by atoms with van der Waals surface area (Å²) in [4.78, 5) is 18.6. The van der Waals surface area contributed by atoms with Crippen LogP contribution in [-0.4, -0.2) is 41.5 Å². The molecule has 7 heteroatoms. The van der Waals surface area contributed by atoms with Gasteiger partial charge in [0.2, 0.25) is 5.91 Å². The molecule has 1 aliphatic carbocycles. The van der Waals surface area contributed by atoms with E-state index in [1.807, 2.05) is 6.07 Å². The quantitative estimate of drug-likeness (QED) is 0.303. The fraction of sp³-hybridized carbons (Fsp3) is 0.433. The number of rotatable bonds is 6. The van der Waals surface area contributed by atoms with E-state index in [0.717, 1.165) is 24.3 Å². The standard InChI is InChI=1S/C30H35Cl2N3O.ClH/c1-20-3-2-4-28-30(20)25(18-33-28)23-13-15-35(16-14-23)19-22-5-9-24(10-6-22)34-29(36)12-8-21-7-11-26(31)27(32)17-21;/h2-4,7-8,11-12,17-18,22-24,33H,5-6,9-10,13-16,19H2,1H3,(H,34,36);1H/b12-8+;. The van der Waals surface area contributed by atoms with E-state index in [2.05, 4.69) is 46.5 Å². The highest BCUT2D eigenvalue weighted by Crippen LogP contribution is 2.35. The molecule has 1 aromatic heterocycles. The third kappa shape index (κ3) is 6.92. The lowest BCUT2D eigenvalue weighted by Crippen LogP contribution is -2.41. The van der Waals surface area contributed by atoms with Gasteiger partial charge in [-0.3, -0.25) is 4.79 Å². The molecule has 2 fully saturated rings. The van der Waals surface area contributed by atoms with Crippen molar-refractivity contribution in [1.29, 1.82) is 0 Å². The van der Waals surface area contributed by atoms with Crippen molar-refractivity contribution in [3.8, 4) is 0 Å². The van der Waals surface area contributed by atoms with Crippen molar-refractivity contribution in [2.24, 2.45) is 5.92 Å². The average molecular weight is 561 g/mol. The Morgan fingerprint density at radius 1 is 1.05 bits per heavy atom. The number of halogens is 3. The van der Waals surface area contributed by atoms with Crippen LogP contribution in [0.1, 0.15) is 61.1 Å². The molecule has 2 N–H and O–H groups in total. The van der Waals surface area contributed by atoms with Crippen LogP contribution < -0.4 is 5.32 Å². The normalized spacial score (nSPS) is 21.3. The van der Waals surface area contributed by atoms with E-state index in [0.29, 0.717) is 16.0 Å². The Labute approximate surface area is 236 Å². The summed E-state index contributed by atoms with van der Waals surface area (Å²) < 4.78 is 0. The molecule has 2 aromatic carbocycles. The number of nitrogens with zero attached hydrogens (tertiary/aromatic N) is 1. The molecule has 37 heavy (non-hydrogen) atoms. The van der Waals surface area contributed by atoms with E-state index in [-0.39, 0.29) is 24.4 Å². The summed E-state index contributed by atoms with van der Waals surface area (Å²) in [6.45, 7) is 5.77. The highest BCUT2D eigenvalue weighted by molar-refractivity contribution is 6.42. The van der Waals surface area contributed by atoms with Gasteiger partial charge < -0.3 is 15.2 Å². The molecule has 4 nitrogen and oxygen atoms in total. The molecule has 0 spiro atoms. The topological polar surface area (TPSA) is 48.1 Å². The van der Waals surface area contributed by atoms with Gasteiger partial charge in [-0.1, -0.05) is 41.4 Å². The number of hydrogen-bond donors (Lipinski definition) is 2. The molecule has 0 unspecified atom stereocenters. The fourth-order valence-electron chi connectivity index (χ4n) is 6.04. The number of carbonyl (C=O) groups is 1. The van der Waals surface area contributed by atoms with Crippen molar-refractivity contribution in [3.05, 3.63) is 75.4 Å². The lowest BCUT2D eigenvalue weighted by atomic mass is 9.84. The molecule has 1 saturated heterocycles. The number of carbonyl (C=O) groups excluding carboxylic acids is 1. The van der Waals surface area contributed by atoms with Crippen molar-refractivity contribution >= 4 is 58.5 Å². The van der Waals surface area contributed by atoms with E-state index in [1.54, 1.807) is 24.3 Å². The highest BCUT2D eigenvalue weighted by atomic mass is 35.5. The number of likely N-dealkylation sites (tertiary alicyclic amines) is 1. The molecule has 1 aliphatic heterocycles. The molecule has 1 saturated carbocycles. The summed E-state index contributed by atoms with van der Waals surface area (Å²) in [5.74, 6) is 1.34. The Morgan fingerprint density at radius 3 is 2.54 bits per heavy atom. The summed E-state index contributed by atoms with van der Waals surface area (Å²) in [6.07, 6.45) is 12.6. The molecule has 2 heterocycles. The van der Waals surface area contributed by atoms with Gasteiger partial charge in [-0.15, -0.1) is 12.4 Å². The van der Waals surface area contributed by atoms with Gasteiger partial charge >= 0.3 is 0 Å². The Hall–Kier alpha value is -1.98. The van der Waals surface area contributed by atoms with Crippen LogP contribution in [0.3, 0.4) is 0 Å². The van der Waals surface area contributed by atoms with E-state index in [9.17, 15) is 4.79 Å². The Morgan fingerprint density at radius 2 is 1.81 bits per heavy atom. The number of benzene rings is 2. The molecular formula is C30H36Cl3N3O. The van der Waals surface area contributed by atoms with Crippen molar-refractivity contribution in [2.45, 2.75) is 57.4 Å². The molecule has 198 valence electrons. The third-order valence-electron chi connectivity index (χ3n) is 8.05. The van der Waals surface area contributed by atoms with Gasteiger partial charge in [-0.25, -0.2) is 0 Å². The first-order valence-corrected chi connectivity index (χ1v) is 13.9. The Kier molecular flexibility index (Phi) is 9.63. The molecule has 0 radical (unpaired) electrons. The van der Waals surface area contributed by atoms with E-state index in [4.69, 9.17) is 23.2 Å². The Balaban J connectivity index is 0.00000320. The second-order valence-corrected chi connectivity index (χ2v) is 11.4. The number of piperidine rings is 1. The summed E-state index contributed by atoms with van der Waals surface area (Å²) in [7, 11) is 0. The lowest BCUT2D eigenvalue weighted by Gasteiger charge is -2.36. The third-order valence-corrected chi connectivity index (χ3v) is 8.79. The number of nitrogens with one attached hydrogen (secondary N) is 2. The minimum absolute atomic E-state index is 0. The average Bonchev–Trinajstić information content (AvgIpc) is 3.32. The maximum atomic E-state index is 12.4. The molecule has 3 aromatic rings. The minimum Gasteiger partial charge on any atom is -0.361 e. The van der Waals surface area contributed by atoms with Gasteiger partial charge in [0.05, 0.1) is 10.0 Å².